The fraction of sp³-hybridized carbons (Fsp3) is 0.316. The summed E-state index contributed by atoms with van der Waals surface area (Å²) in [5.41, 5.74) is 2.42. The van der Waals surface area contributed by atoms with E-state index in [1.807, 2.05) is 25.1 Å². The summed E-state index contributed by atoms with van der Waals surface area (Å²) in [6.45, 7) is 5.90. The Morgan fingerprint density at radius 3 is 2.54 bits per heavy atom. The molecule has 26 heavy (non-hydrogen) atoms. The maximum atomic E-state index is 12.4. The average Bonchev–Trinajstić information content (AvgIpc) is 2.53. The maximum absolute atomic E-state index is 12.4. The van der Waals surface area contributed by atoms with Crippen LogP contribution in [0.4, 0.5) is 0 Å². The normalized spacial score (nSPS) is 11.6. The third-order valence-corrected chi connectivity index (χ3v) is 5.65. The van der Waals surface area contributed by atoms with Crippen LogP contribution in [0.15, 0.2) is 47.4 Å². The minimum atomic E-state index is -3.69. The molecule has 7 heteroatoms. The van der Waals surface area contributed by atoms with Crippen LogP contribution in [-0.4, -0.2) is 26.9 Å². The van der Waals surface area contributed by atoms with Crippen LogP contribution in [0.5, 0.6) is 0 Å². The summed E-state index contributed by atoms with van der Waals surface area (Å²) in [5.74, 6) is -0.399. The summed E-state index contributed by atoms with van der Waals surface area (Å²) in [7, 11) is -3.69. The maximum Gasteiger partial charge on any atom is 0.252 e. The molecule has 1 amide bonds. The molecule has 0 radical (unpaired) electrons. The Balaban J connectivity index is 2.09. The van der Waals surface area contributed by atoms with E-state index in [2.05, 4.69) is 16.1 Å². The summed E-state index contributed by atoms with van der Waals surface area (Å²) in [6.07, 6.45) is 0.679. The molecule has 2 aromatic carbocycles. The van der Waals surface area contributed by atoms with Gasteiger partial charge in [0.25, 0.3) is 5.91 Å². The molecule has 0 heterocycles. The number of aryl methyl sites for hydroxylation is 1. The highest BCUT2D eigenvalue weighted by Crippen LogP contribution is 2.20. The number of halogens is 1. The lowest BCUT2D eigenvalue weighted by Gasteiger charge is -2.12. The molecule has 0 aromatic heterocycles. The van der Waals surface area contributed by atoms with Crippen molar-refractivity contribution in [2.45, 2.75) is 38.1 Å². The topological polar surface area (TPSA) is 75.3 Å². The van der Waals surface area contributed by atoms with E-state index in [0.717, 1.165) is 11.1 Å². The predicted molar refractivity (Wildman–Crippen MR) is 104 cm³/mol. The summed E-state index contributed by atoms with van der Waals surface area (Å²) < 4.78 is 27.0. The lowest BCUT2D eigenvalue weighted by atomic mass is 10.1. The summed E-state index contributed by atoms with van der Waals surface area (Å²) >= 11 is 6.09. The molecule has 140 valence electrons. The standard InChI is InChI=1S/C19H23ClN2O3S/c1-13(2)22-26(24,25)16-7-8-18(20)17(12-16)19(23)21-10-9-15-6-4-5-14(3)11-15/h4-8,11-13,22H,9-10H2,1-3H3,(H,21,23). The molecule has 0 unspecified atom stereocenters. The number of benzene rings is 2. The Kier molecular flexibility index (Phi) is 6.81. The van der Waals surface area contributed by atoms with Gasteiger partial charge in [-0.3, -0.25) is 4.79 Å². The number of sulfonamides is 1. The second-order valence-electron chi connectivity index (χ2n) is 6.41. The zero-order valence-electron chi connectivity index (χ0n) is 15.0. The van der Waals surface area contributed by atoms with Crippen LogP contribution >= 0.6 is 11.6 Å². The quantitative estimate of drug-likeness (QED) is 0.756. The number of carbonyl (C=O) groups excluding carboxylic acids is 1. The number of amides is 1. The third kappa shape index (κ3) is 5.56. The van der Waals surface area contributed by atoms with Crippen molar-refractivity contribution in [1.29, 1.82) is 0 Å². The summed E-state index contributed by atoms with van der Waals surface area (Å²) in [6, 6.07) is 11.9. The van der Waals surface area contributed by atoms with E-state index in [1.165, 1.54) is 18.2 Å². The molecule has 0 atom stereocenters. The Labute approximate surface area is 159 Å². The number of hydrogen-bond donors (Lipinski definition) is 2. The van der Waals surface area contributed by atoms with E-state index in [-0.39, 0.29) is 21.5 Å². The smallest absolute Gasteiger partial charge is 0.252 e. The van der Waals surface area contributed by atoms with Crippen LogP contribution in [0.25, 0.3) is 0 Å². The first-order chi connectivity index (χ1) is 12.2. The van der Waals surface area contributed by atoms with Crippen LogP contribution in [0.2, 0.25) is 5.02 Å². The van der Waals surface area contributed by atoms with Crippen molar-refractivity contribution >= 4 is 27.5 Å². The fourth-order valence-electron chi connectivity index (χ4n) is 2.51. The number of nitrogens with one attached hydrogen (secondary N) is 2. The highest BCUT2D eigenvalue weighted by atomic mass is 35.5. The molecule has 2 rings (SSSR count). The van der Waals surface area contributed by atoms with Gasteiger partial charge in [0.1, 0.15) is 0 Å². The van der Waals surface area contributed by atoms with Gasteiger partial charge in [-0.2, -0.15) is 0 Å². The molecule has 2 N–H and O–H groups in total. The molecule has 0 aliphatic carbocycles. The largest absolute Gasteiger partial charge is 0.352 e. The van der Waals surface area contributed by atoms with E-state index < -0.39 is 15.9 Å². The number of carbonyl (C=O) groups is 1. The molecule has 0 aliphatic rings. The van der Waals surface area contributed by atoms with Crippen LogP contribution < -0.4 is 10.0 Å². The van der Waals surface area contributed by atoms with Crippen molar-refractivity contribution in [1.82, 2.24) is 10.0 Å². The van der Waals surface area contributed by atoms with Gasteiger partial charge < -0.3 is 5.32 Å². The van der Waals surface area contributed by atoms with Gasteiger partial charge in [0.05, 0.1) is 15.5 Å². The minimum absolute atomic E-state index is 0.0134. The van der Waals surface area contributed by atoms with Crippen LogP contribution in [-0.2, 0) is 16.4 Å². The van der Waals surface area contributed by atoms with Crippen molar-refractivity contribution in [2.75, 3.05) is 6.54 Å². The monoisotopic (exact) mass is 394 g/mol. The Morgan fingerprint density at radius 2 is 1.88 bits per heavy atom. The molecule has 0 bridgehead atoms. The lowest BCUT2D eigenvalue weighted by molar-refractivity contribution is 0.0954. The second-order valence-corrected chi connectivity index (χ2v) is 8.53. The Hall–Kier alpha value is -1.89. The van der Waals surface area contributed by atoms with Gasteiger partial charge in [0.2, 0.25) is 10.0 Å². The molecule has 5 nitrogen and oxygen atoms in total. The summed E-state index contributed by atoms with van der Waals surface area (Å²) in [4.78, 5) is 12.4. The van der Waals surface area contributed by atoms with Gasteiger partial charge in [0.15, 0.2) is 0 Å². The lowest BCUT2D eigenvalue weighted by Crippen LogP contribution is -2.31. The van der Waals surface area contributed by atoms with Crippen molar-refractivity contribution in [3.63, 3.8) is 0 Å². The minimum Gasteiger partial charge on any atom is -0.352 e. The first kappa shape index (κ1) is 20.4. The van der Waals surface area contributed by atoms with Gasteiger partial charge >= 0.3 is 0 Å². The summed E-state index contributed by atoms with van der Waals surface area (Å²) in [5, 5.41) is 3.00. The molecule has 0 saturated carbocycles. The molecule has 2 aromatic rings. The van der Waals surface area contributed by atoms with Crippen molar-refractivity contribution in [2.24, 2.45) is 0 Å². The van der Waals surface area contributed by atoms with Crippen LogP contribution in [0, 0.1) is 6.92 Å². The van der Waals surface area contributed by atoms with E-state index in [0.29, 0.717) is 13.0 Å². The van der Waals surface area contributed by atoms with E-state index in [9.17, 15) is 13.2 Å². The van der Waals surface area contributed by atoms with Crippen molar-refractivity contribution in [3.8, 4) is 0 Å². The molecular formula is C19H23ClN2O3S. The highest BCUT2D eigenvalue weighted by molar-refractivity contribution is 7.89. The molecule has 0 aliphatic heterocycles. The zero-order chi connectivity index (χ0) is 19.3. The van der Waals surface area contributed by atoms with Gasteiger partial charge in [-0.15, -0.1) is 0 Å². The van der Waals surface area contributed by atoms with E-state index in [1.54, 1.807) is 13.8 Å². The first-order valence-corrected chi connectivity index (χ1v) is 10.2. The van der Waals surface area contributed by atoms with E-state index in [4.69, 9.17) is 11.6 Å². The van der Waals surface area contributed by atoms with Gasteiger partial charge in [-0.1, -0.05) is 41.4 Å². The molecule has 0 saturated heterocycles. The van der Waals surface area contributed by atoms with Gasteiger partial charge in [0, 0.05) is 12.6 Å². The second kappa shape index (κ2) is 8.66. The first-order valence-electron chi connectivity index (χ1n) is 8.34. The highest BCUT2D eigenvalue weighted by Gasteiger charge is 2.19. The van der Waals surface area contributed by atoms with Gasteiger partial charge in [-0.25, -0.2) is 13.1 Å². The third-order valence-electron chi connectivity index (χ3n) is 3.67. The van der Waals surface area contributed by atoms with Crippen LogP contribution in [0.3, 0.4) is 0 Å². The molecule has 0 spiro atoms. The average molecular weight is 395 g/mol. The van der Waals surface area contributed by atoms with Gasteiger partial charge in [-0.05, 0) is 51.0 Å². The van der Waals surface area contributed by atoms with Crippen molar-refractivity contribution < 1.29 is 13.2 Å². The zero-order valence-corrected chi connectivity index (χ0v) is 16.6. The Morgan fingerprint density at radius 1 is 1.15 bits per heavy atom. The van der Waals surface area contributed by atoms with Crippen molar-refractivity contribution in [3.05, 3.63) is 64.2 Å². The van der Waals surface area contributed by atoms with E-state index >= 15 is 0 Å². The predicted octanol–water partition coefficient (Wildman–Crippen LogP) is 3.31. The van der Waals surface area contributed by atoms with Crippen LogP contribution in [0.1, 0.15) is 35.3 Å². The molecular weight excluding hydrogens is 372 g/mol. The Bertz CT molecular complexity index is 895. The number of rotatable bonds is 7. The number of hydrogen-bond acceptors (Lipinski definition) is 3. The fourth-order valence-corrected chi connectivity index (χ4v) is 3.99. The molecule has 0 fully saturated rings. The SMILES string of the molecule is Cc1cccc(CCNC(=O)c2cc(S(=O)(=O)NC(C)C)ccc2Cl)c1.